The van der Waals surface area contributed by atoms with Crippen molar-refractivity contribution in [2.45, 2.75) is 62.9 Å². The highest BCUT2D eigenvalue weighted by atomic mass is 32.1. The summed E-state index contributed by atoms with van der Waals surface area (Å²) in [5.41, 5.74) is 0.397. The van der Waals surface area contributed by atoms with Crippen molar-refractivity contribution >= 4 is 17.2 Å². The summed E-state index contributed by atoms with van der Waals surface area (Å²) in [4.78, 5) is 13.5. The Kier molecular flexibility index (Phi) is 6.58. The van der Waals surface area contributed by atoms with Gasteiger partial charge in [-0.3, -0.25) is 14.4 Å². The summed E-state index contributed by atoms with van der Waals surface area (Å²) in [5, 5.41) is 26.7. The van der Waals surface area contributed by atoms with Gasteiger partial charge >= 0.3 is 6.18 Å². The predicted molar refractivity (Wildman–Crippen MR) is 113 cm³/mol. The van der Waals surface area contributed by atoms with Gasteiger partial charge in [-0.2, -0.15) is 18.3 Å². The standard InChI is InChI=1S/C21H27F3N4O4S/c1-12-6-20(18-14(16(30)11-32-20)5-17(33-18)21(22,23)24)3-4-27(12)8-13-7-26-28(9-13)10-15(29)19(31)25-2/h5,7,9,12,15-16,29-30H,3-4,6,8,10-11H2,1-2H3,(H,25,31)/t12-,15+,16+,20+/m0/s1. The molecule has 1 amide bonds. The Morgan fingerprint density at radius 1 is 1.48 bits per heavy atom. The lowest BCUT2D eigenvalue weighted by molar-refractivity contribution is -0.139. The number of rotatable bonds is 5. The van der Waals surface area contributed by atoms with Crippen LogP contribution in [-0.2, 0) is 34.4 Å². The number of fused-ring (bicyclic) bond motifs is 2. The summed E-state index contributed by atoms with van der Waals surface area (Å²) in [7, 11) is 1.45. The van der Waals surface area contributed by atoms with Gasteiger partial charge in [0, 0.05) is 48.4 Å². The number of amides is 1. The molecule has 8 nitrogen and oxygen atoms in total. The molecule has 4 atom stereocenters. The molecular weight excluding hydrogens is 461 g/mol. The van der Waals surface area contributed by atoms with E-state index in [1.165, 1.54) is 11.7 Å². The first-order valence-electron chi connectivity index (χ1n) is 10.7. The molecule has 2 aromatic heterocycles. The maximum Gasteiger partial charge on any atom is 0.425 e. The lowest BCUT2D eigenvalue weighted by Gasteiger charge is -2.47. The van der Waals surface area contributed by atoms with E-state index in [-0.39, 0.29) is 19.2 Å². The number of alkyl halides is 3. The van der Waals surface area contributed by atoms with E-state index in [0.717, 1.165) is 11.6 Å². The lowest BCUT2D eigenvalue weighted by Crippen LogP contribution is -2.50. The first-order valence-corrected chi connectivity index (χ1v) is 11.5. The van der Waals surface area contributed by atoms with Crippen LogP contribution in [-0.4, -0.2) is 63.1 Å². The van der Waals surface area contributed by atoms with Gasteiger partial charge in [0.2, 0.25) is 0 Å². The maximum atomic E-state index is 13.3. The Morgan fingerprint density at radius 2 is 2.24 bits per heavy atom. The fraction of sp³-hybridized carbons (Fsp3) is 0.619. The Balaban J connectivity index is 1.45. The third-order valence-electron chi connectivity index (χ3n) is 6.36. The number of thiophene rings is 1. The molecular formula is C21H27F3N4O4S. The number of nitrogens with zero attached hydrogens (tertiary/aromatic N) is 3. The smallest absolute Gasteiger partial charge is 0.386 e. The second-order valence-electron chi connectivity index (χ2n) is 8.69. The summed E-state index contributed by atoms with van der Waals surface area (Å²) in [6.07, 6.45) is -2.25. The molecule has 33 heavy (non-hydrogen) atoms. The van der Waals surface area contributed by atoms with Crippen LogP contribution in [0.4, 0.5) is 13.2 Å². The van der Waals surface area contributed by atoms with Gasteiger partial charge in [-0.25, -0.2) is 0 Å². The number of carbonyl (C=O) groups is 1. The van der Waals surface area contributed by atoms with Crippen LogP contribution >= 0.6 is 11.3 Å². The zero-order chi connectivity index (χ0) is 24.0. The number of aliphatic hydroxyl groups is 2. The minimum absolute atomic E-state index is 0.0121. The second kappa shape index (κ2) is 8.99. The topological polar surface area (TPSA) is 99.9 Å². The average Bonchev–Trinajstić information content (AvgIpc) is 3.40. The average molecular weight is 489 g/mol. The molecule has 2 aromatic rings. The van der Waals surface area contributed by atoms with Crippen LogP contribution in [0.1, 0.15) is 46.8 Å². The number of halogens is 3. The fourth-order valence-electron chi connectivity index (χ4n) is 4.62. The second-order valence-corrected chi connectivity index (χ2v) is 9.74. The minimum Gasteiger partial charge on any atom is -0.386 e. The van der Waals surface area contributed by atoms with Gasteiger partial charge in [-0.05, 0) is 25.8 Å². The molecule has 2 aliphatic heterocycles. The molecule has 182 valence electrons. The van der Waals surface area contributed by atoms with Crippen molar-refractivity contribution in [2.75, 3.05) is 20.2 Å². The molecule has 0 aromatic carbocycles. The Bertz CT molecular complexity index is 1010. The number of hydrogen-bond donors (Lipinski definition) is 3. The summed E-state index contributed by atoms with van der Waals surface area (Å²) >= 11 is 0.674. The zero-order valence-electron chi connectivity index (χ0n) is 18.3. The van der Waals surface area contributed by atoms with E-state index in [9.17, 15) is 28.2 Å². The van der Waals surface area contributed by atoms with Gasteiger partial charge < -0.3 is 20.3 Å². The highest BCUT2D eigenvalue weighted by Crippen LogP contribution is 2.51. The van der Waals surface area contributed by atoms with Crippen LogP contribution in [0.5, 0.6) is 0 Å². The fourth-order valence-corrected chi connectivity index (χ4v) is 5.88. The molecule has 12 heteroatoms. The van der Waals surface area contributed by atoms with Gasteiger partial charge in [0.05, 0.1) is 19.3 Å². The van der Waals surface area contributed by atoms with E-state index in [0.29, 0.717) is 47.7 Å². The maximum absolute atomic E-state index is 13.3. The van der Waals surface area contributed by atoms with Gasteiger partial charge in [-0.1, -0.05) is 0 Å². The Hall–Kier alpha value is -1.99. The summed E-state index contributed by atoms with van der Waals surface area (Å²) < 4.78 is 47.5. The predicted octanol–water partition coefficient (Wildman–Crippen LogP) is 2.01. The van der Waals surface area contributed by atoms with Crippen LogP contribution < -0.4 is 5.32 Å². The largest absolute Gasteiger partial charge is 0.425 e. The summed E-state index contributed by atoms with van der Waals surface area (Å²) in [5.74, 6) is -0.485. The van der Waals surface area contributed by atoms with Crippen LogP contribution in [0.25, 0.3) is 0 Å². The Labute approximate surface area is 193 Å². The quantitative estimate of drug-likeness (QED) is 0.596. The number of likely N-dealkylation sites (N-methyl/N-ethyl adjacent to an activating group) is 1. The number of hydrogen-bond acceptors (Lipinski definition) is 7. The number of ether oxygens (including phenoxy) is 1. The van der Waals surface area contributed by atoms with Crippen molar-refractivity contribution in [1.29, 1.82) is 0 Å². The minimum atomic E-state index is -4.46. The van der Waals surface area contributed by atoms with Gasteiger partial charge in [-0.15, -0.1) is 11.3 Å². The normalized spacial score (nSPS) is 26.9. The third kappa shape index (κ3) is 4.80. The van der Waals surface area contributed by atoms with Crippen LogP contribution in [0.15, 0.2) is 18.5 Å². The van der Waals surface area contributed by atoms with Gasteiger partial charge in [0.15, 0.2) is 6.10 Å². The van der Waals surface area contributed by atoms with E-state index < -0.39 is 34.8 Å². The number of carbonyl (C=O) groups excluding carboxylic acids is 1. The lowest BCUT2D eigenvalue weighted by atomic mass is 9.81. The molecule has 1 saturated heterocycles. The first-order chi connectivity index (χ1) is 15.5. The van der Waals surface area contributed by atoms with E-state index in [1.807, 2.05) is 6.92 Å². The zero-order valence-corrected chi connectivity index (χ0v) is 19.1. The van der Waals surface area contributed by atoms with Crippen LogP contribution in [0, 0.1) is 0 Å². The van der Waals surface area contributed by atoms with Crippen molar-refractivity contribution in [1.82, 2.24) is 20.0 Å². The number of nitrogens with one attached hydrogen (secondary N) is 1. The molecule has 0 radical (unpaired) electrons. The molecule has 1 spiro atoms. The van der Waals surface area contributed by atoms with Crippen molar-refractivity contribution in [3.8, 4) is 0 Å². The molecule has 1 fully saturated rings. The molecule has 4 rings (SSSR count). The SMILES string of the molecule is CNC(=O)[C@H](O)Cn1cc(CN2CC[C@]3(C[C@@H]2C)OC[C@@H](O)c2cc(C(F)(F)F)sc23)cn1. The molecule has 3 N–H and O–H groups in total. The summed E-state index contributed by atoms with van der Waals surface area (Å²) in [6.45, 7) is 3.20. The van der Waals surface area contributed by atoms with Crippen molar-refractivity contribution in [2.24, 2.45) is 0 Å². The van der Waals surface area contributed by atoms with Gasteiger partial charge in [0.1, 0.15) is 16.6 Å². The molecule has 2 aliphatic rings. The Morgan fingerprint density at radius 3 is 2.91 bits per heavy atom. The third-order valence-corrected chi connectivity index (χ3v) is 7.74. The highest BCUT2D eigenvalue weighted by molar-refractivity contribution is 7.12. The van der Waals surface area contributed by atoms with Crippen molar-refractivity contribution in [3.05, 3.63) is 39.3 Å². The molecule has 0 bridgehead atoms. The van der Waals surface area contributed by atoms with E-state index in [4.69, 9.17) is 4.74 Å². The van der Waals surface area contributed by atoms with Crippen molar-refractivity contribution < 1.29 is 32.9 Å². The van der Waals surface area contributed by atoms with Crippen molar-refractivity contribution in [3.63, 3.8) is 0 Å². The van der Waals surface area contributed by atoms with Crippen LogP contribution in [0.2, 0.25) is 0 Å². The summed E-state index contributed by atoms with van der Waals surface area (Å²) in [6, 6.07) is 1.08. The molecule has 4 heterocycles. The molecule has 0 unspecified atom stereocenters. The van der Waals surface area contributed by atoms with Crippen LogP contribution in [0.3, 0.4) is 0 Å². The first kappa shape index (κ1) is 24.1. The number of aliphatic hydroxyl groups excluding tert-OH is 2. The van der Waals surface area contributed by atoms with E-state index in [1.54, 1.807) is 12.4 Å². The van der Waals surface area contributed by atoms with E-state index >= 15 is 0 Å². The highest BCUT2D eigenvalue weighted by Gasteiger charge is 2.48. The number of piperidine rings is 1. The molecule has 0 aliphatic carbocycles. The molecule has 0 saturated carbocycles. The van der Waals surface area contributed by atoms with Gasteiger partial charge in [0.25, 0.3) is 5.91 Å². The van der Waals surface area contributed by atoms with E-state index in [2.05, 4.69) is 15.3 Å². The number of aromatic nitrogens is 2. The number of likely N-dealkylation sites (tertiary alicyclic amines) is 1. The monoisotopic (exact) mass is 488 g/mol.